The van der Waals surface area contributed by atoms with E-state index in [0.29, 0.717) is 30.0 Å². The molecule has 138 valence electrons. The van der Waals surface area contributed by atoms with Crippen molar-refractivity contribution in [1.82, 2.24) is 10.3 Å². The molecule has 0 saturated carbocycles. The van der Waals surface area contributed by atoms with Crippen LogP contribution in [0.3, 0.4) is 0 Å². The Bertz CT molecular complexity index is 914. The van der Waals surface area contributed by atoms with Crippen LogP contribution in [0.1, 0.15) is 18.4 Å². The number of amides is 1. The second-order valence-electron chi connectivity index (χ2n) is 5.96. The van der Waals surface area contributed by atoms with E-state index in [1.807, 2.05) is 48.5 Å². The first-order valence-corrected chi connectivity index (χ1v) is 8.68. The maximum atomic E-state index is 12.0. The summed E-state index contributed by atoms with van der Waals surface area (Å²) in [5.74, 6) is -0.675. The Morgan fingerprint density at radius 2 is 1.89 bits per heavy atom. The van der Waals surface area contributed by atoms with E-state index in [4.69, 9.17) is 9.15 Å². The van der Waals surface area contributed by atoms with Gasteiger partial charge in [-0.1, -0.05) is 42.5 Å². The summed E-state index contributed by atoms with van der Waals surface area (Å²) in [4.78, 5) is 28.1. The average molecular weight is 364 g/mol. The minimum Gasteiger partial charge on any atom is -0.449 e. The van der Waals surface area contributed by atoms with Gasteiger partial charge in [-0.3, -0.25) is 4.79 Å². The molecule has 6 heteroatoms. The van der Waals surface area contributed by atoms with Crippen LogP contribution in [0.25, 0.3) is 17.2 Å². The number of aromatic nitrogens is 1. The van der Waals surface area contributed by atoms with Crippen LogP contribution in [0, 0.1) is 0 Å². The first-order valence-electron chi connectivity index (χ1n) is 8.68. The third-order valence-electron chi connectivity index (χ3n) is 3.89. The molecule has 0 aliphatic rings. The lowest BCUT2D eigenvalue weighted by Crippen LogP contribution is -2.36. The van der Waals surface area contributed by atoms with E-state index in [-0.39, 0.29) is 5.91 Å². The molecule has 0 fully saturated rings. The van der Waals surface area contributed by atoms with Crippen LogP contribution in [0.2, 0.25) is 0 Å². The van der Waals surface area contributed by atoms with Gasteiger partial charge in [0, 0.05) is 18.7 Å². The molecule has 27 heavy (non-hydrogen) atoms. The van der Waals surface area contributed by atoms with E-state index in [2.05, 4.69) is 10.3 Å². The van der Waals surface area contributed by atoms with Gasteiger partial charge in [0.2, 0.25) is 5.89 Å². The summed E-state index contributed by atoms with van der Waals surface area (Å²) in [5, 5.41) is 2.76. The van der Waals surface area contributed by atoms with Crippen LogP contribution in [0.4, 0.5) is 0 Å². The number of nitrogens with zero attached hydrogens (tertiary/aromatic N) is 1. The summed E-state index contributed by atoms with van der Waals surface area (Å²) in [6, 6.07) is 17.1. The van der Waals surface area contributed by atoms with Crippen molar-refractivity contribution in [3.63, 3.8) is 0 Å². The molecular formula is C21H20N2O4. The predicted molar refractivity (Wildman–Crippen MR) is 102 cm³/mol. The Kier molecular flexibility index (Phi) is 5.99. The molecule has 0 spiro atoms. The number of esters is 1. The van der Waals surface area contributed by atoms with Gasteiger partial charge < -0.3 is 14.5 Å². The number of ether oxygens (including phenoxy) is 1. The topological polar surface area (TPSA) is 81.4 Å². The fraction of sp³-hybridized carbons (Fsp3) is 0.190. The molecule has 1 N–H and O–H groups in total. The lowest BCUT2D eigenvalue weighted by atomic mass is 10.1. The van der Waals surface area contributed by atoms with Gasteiger partial charge in [0.15, 0.2) is 11.7 Å². The maximum Gasteiger partial charge on any atom is 0.331 e. The maximum absolute atomic E-state index is 12.0. The van der Waals surface area contributed by atoms with Crippen molar-refractivity contribution >= 4 is 29.1 Å². The molecule has 3 aromatic rings. The fourth-order valence-corrected chi connectivity index (χ4v) is 2.49. The zero-order valence-electron chi connectivity index (χ0n) is 14.9. The summed E-state index contributed by atoms with van der Waals surface area (Å²) in [6.45, 7) is 2.01. The van der Waals surface area contributed by atoms with Gasteiger partial charge in [-0.05, 0) is 31.0 Å². The van der Waals surface area contributed by atoms with Gasteiger partial charge in [0.25, 0.3) is 5.91 Å². The lowest BCUT2D eigenvalue weighted by Gasteiger charge is -2.12. The molecule has 0 aliphatic carbocycles. The number of oxazole rings is 1. The van der Waals surface area contributed by atoms with Crippen LogP contribution >= 0.6 is 0 Å². The number of benzene rings is 2. The van der Waals surface area contributed by atoms with Gasteiger partial charge >= 0.3 is 5.97 Å². The third kappa shape index (κ3) is 5.28. The van der Waals surface area contributed by atoms with Crippen LogP contribution in [0.15, 0.2) is 65.1 Å². The molecule has 0 saturated heterocycles. The molecule has 6 nitrogen and oxygen atoms in total. The number of rotatable bonds is 7. The molecule has 3 rings (SSSR count). The summed E-state index contributed by atoms with van der Waals surface area (Å²) in [5.41, 5.74) is 2.47. The summed E-state index contributed by atoms with van der Waals surface area (Å²) in [7, 11) is 0. The van der Waals surface area contributed by atoms with Crippen molar-refractivity contribution in [3.05, 3.63) is 72.1 Å². The van der Waals surface area contributed by atoms with Crippen molar-refractivity contribution in [2.45, 2.75) is 19.4 Å². The van der Waals surface area contributed by atoms with E-state index in [9.17, 15) is 9.59 Å². The number of hydrogen-bond acceptors (Lipinski definition) is 5. The highest BCUT2D eigenvalue weighted by atomic mass is 16.5. The second kappa shape index (κ2) is 8.80. The predicted octanol–water partition coefficient (Wildman–Crippen LogP) is 3.13. The molecule has 0 bridgehead atoms. The normalized spacial score (nSPS) is 12.2. The van der Waals surface area contributed by atoms with Crippen LogP contribution in [-0.2, 0) is 20.7 Å². The van der Waals surface area contributed by atoms with Crippen LogP contribution < -0.4 is 5.32 Å². The number of carbonyl (C=O) groups excluding carboxylic acids is 2. The Balaban J connectivity index is 1.45. The van der Waals surface area contributed by atoms with Gasteiger partial charge in [-0.25, -0.2) is 9.78 Å². The highest BCUT2D eigenvalue weighted by Crippen LogP contribution is 2.15. The van der Waals surface area contributed by atoms with Crippen molar-refractivity contribution in [2.24, 2.45) is 0 Å². The zero-order chi connectivity index (χ0) is 19.1. The summed E-state index contributed by atoms with van der Waals surface area (Å²) >= 11 is 0. The monoisotopic (exact) mass is 364 g/mol. The number of hydrogen-bond donors (Lipinski definition) is 1. The van der Waals surface area contributed by atoms with Gasteiger partial charge in [0.1, 0.15) is 5.52 Å². The van der Waals surface area contributed by atoms with E-state index in [0.717, 1.165) is 5.56 Å². The van der Waals surface area contributed by atoms with Crippen molar-refractivity contribution in [2.75, 3.05) is 6.54 Å². The van der Waals surface area contributed by atoms with Crippen LogP contribution in [-0.4, -0.2) is 29.5 Å². The minimum atomic E-state index is -0.887. The van der Waals surface area contributed by atoms with Gasteiger partial charge in [-0.15, -0.1) is 0 Å². The number of fused-ring (bicyclic) bond motifs is 1. The number of nitrogens with one attached hydrogen (secondary N) is 1. The smallest absolute Gasteiger partial charge is 0.331 e. The highest BCUT2D eigenvalue weighted by Gasteiger charge is 2.16. The molecule has 1 aromatic heterocycles. The van der Waals surface area contributed by atoms with Gasteiger partial charge in [-0.2, -0.15) is 0 Å². The molecule has 0 unspecified atom stereocenters. The SMILES string of the molecule is C[C@@H](OC(=O)/C=C/c1nc2ccccc2o1)C(=O)NCCc1ccccc1. The first-order chi connectivity index (χ1) is 13.1. The Labute approximate surface area is 156 Å². The standard InChI is InChI=1S/C21H20N2O4/c1-15(21(25)22-14-13-16-7-3-2-4-8-16)26-20(24)12-11-19-23-17-9-5-6-10-18(17)27-19/h2-12,15H,13-14H2,1H3,(H,22,25)/b12-11+/t15-/m1/s1. The number of para-hydroxylation sites is 2. The van der Waals surface area contributed by atoms with Crippen molar-refractivity contribution < 1.29 is 18.7 Å². The molecule has 0 radical (unpaired) electrons. The summed E-state index contributed by atoms with van der Waals surface area (Å²) < 4.78 is 10.6. The van der Waals surface area contributed by atoms with Crippen LogP contribution in [0.5, 0.6) is 0 Å². The van der Waals surface area contributed by atoms with E-state index >= 15 is 0 Å². The quantitative estimate of drug-likeness (QED) is 0.514. The fourth-order valence-electron chi connectivity index (χ4n) is 2.49. The third-order valence-corrected chi connectivity index (χ3v) is 3.89. The minimum absolute atomic E-state index is 0.299. The number of carbonyl (C=O) groups is 2. The largest absolute Gasteiger partial charge is 0.449 e. The molecule has 1 heterocycles. The van der Waals surface area contributed by atoms with E-state index in [1.54, 1.807) is 6.07 Å². The van der Waals surface area contributed by atoms with Crippen molar-refractivity contribution in [3.8, 4) is 0 Å². The highest BCUT2D eigenvalue weighted by molar-refractivity contribution is 5.90. The molecule has 2 aromatic carbocycles. The van der Waals surface area contributed by atoms with Crippen molar-refractivity contribution in [1.29, 1.82) is 0 Å². The van der Waals surface area contributed by atoms with E-state index in [1.165, 1.54) is 19.1 Å². The van der Waals surface area contributed by atoms with E-state index < -0.39 is 12.1 Å². The Morgan fingerprint density at radius 1 is 1.15 bits per heavy atom. The average Bonchev–Trinajstić information content (AvgIpc) is 3.10. The zero-order valence-corrected chi connectivity index (χ0v) is 14.9. The first kappa shape index (κ1) is 18.4. The second-order valence-corrected chi connectivity index (χ2v) is 5.96. The molecule has 1 amide bonds. The molecule has 1 atom stereocenters. The van der Waals surface area contributed by atoms with Gasteiger partial charge in [0.05, 0.1) is 0 Å². The Morgan fingerprint density at radius 3 is 2.67 bits per heavy atom. The molecule has 0 aliphatic heterocycles. The Hall–Kier alpha value is -3.41. The summed E-state index contributed by atoms with van der Waals surface area (Å²) in [6.07, 6.45) is 2.44. The molecular weight excluding hydrogens is 344 g/mol. The lowest BCUT2D eigenvalue weighted by molar-refractivity contribution is -0.150.